The summed E-state index contributed by atoms with van der Waals surface area (Å²) in [6, 6.07) is 21.6. The van der Waals surface area contributed by atoms with Gasteiger partial charge >= 0.3 is 0 Å². The number of hydrogen-bond acceptors (Lipinski definition) is 4. The van der Waals surface area contributed by atoms with E-state index in [2.05, 4.69) is 5.32 Å². The average Bonchev–Trinajstić information content (AvgIpc) is 2.74. The van der Waals surface area contributed by atoms with Crippen LogP contribution in [-0.4, -0.2) is 26.6 Å². The summed E-state index contributed by atoms with van der Waals surface area (Å²) in [6.45, 7) is 1.75. The molecule has 0 unspecified atom stereocenters. The second-order valence-corrected chi connectivity index (χ2v) is 9.16. The number of nitrogens with zero attached hydrogens (tertiary/aromatic N) is 1. The van der Waals surface area contributed by atoms with Gasteiger partial charge in [-0.1, -0.05) is 54.9 Å². The first kappa shape index (κ1) is 22.7. The van der Waals surface area contributed by atoms with Gasteiger partial charge in [-0.2, -0.15) is 0 Å². The van der Waals surface area contributed by atoms with Crippen molar-refractivity contribution >= 4 is 38.9 Å². The number of anilines is 2. The number of para-hydroxylation sites is 2. The fourth-order valence-electron chi connectivity index (χ4n) is 3.16. The molecule has 31 heavy (non-hydrogen) atoms. The Hall–Kier alpha value is -3.03. The SMILES string of the molecule is CC[C@@H](C(=O)Nc1cc(Cl)ccc1Oc1ccccc1)N(c1ccccc1)S(C)(=O)=O. The first-order chi connectivity index (χ1) is 14.8. The molecule has 0 radical (unpaired) electrons. The predicted octanol–water partition coefficient (Wildman–Crippen LogP) is 5.32. The van der Waals surface area contributed by atoms with Crippen LogP contribution in [0.5, 0.6) is 11.5 Å². The number of carbonyl (C=O) groups is 1. The molecule has 3 rings (SSSR count). The van der Waals surface area contributed by atoms with Gasteiger partial charge in [-0.3, -0.25) is 9.10 Å². The Morgan fingerprint density at radius 1 is 1.03 bits per heavy atom. The monoisotopic (exact) mass is 458 g/mol. The van der Waals surface area contributed by atoms with Crippen LogP contribution >= 0.6 is 11.6 Å². The molecule has 0 bridgehead atoms. The molecular weight excluding hydrogens is 436 g/mol. The Labute approximate surface area is 187 Å². The summed E-state index contributed by atoms with van der Waals surface area (Å²) in [5, 5.41) is 3.20. The van der Waals surface area contributed by atoms with Crippen molar-refractivity contribution in [2.45, 2.75) is 19.4 Å². The number of rotatable bonds is 8. The topological polar surface area (TPSA) is 75.7 Å². The molecule has 0 saturated carbocycles. The molecule has 8 heteroatoms. The zero-order valence-electron chi connectivity index (χ0n) is 17.2. The second-order valence-electron chi connectivity index (χ2n) is 6.86. The maximum absolute atomic E-state index is 13.2. The molecular formula is C23H23ClN2O4S. The average molecular weight is 459 g/mol. The van der Waals surface area contributed by atoms with Gasteiger partial charge in [-0.25, -0.2) is 8.42 Å². The van der Waals surface area contributed by atoms with E-state index in [1.807, 2.05) is 18.2 Å². The Bertz CT molecular complexity index is 1140. The fraction of sp³-hybridized carbons (Fsp3) is 0.174. The summed E-state index contributed by atoms with van der Waals surface area (Å²) in [7, 11) is -3.72. The fourth-order valence-corrected chi connectivity index (χ4v) is 4.54. The normalized spacial score (nSPS) is 12.1. The van der Waals surface area contributed by atoms with E-state index in [-0.39, 0.29) is 6.42 Å². The highest BCUT2D eigenvalue weighted by molar-refractivity contribution is 7.92. The largest absolute Gasteiger partial charge is 0.455 e. The number of ether oxygens (including phenoxy) is 1. The number of hydrogen-bond donors (Lipinski definition) is 1. The number of benzene rings is 3. The lowest BCUT2D eigenvalue weighted by atomic mass is 10.1. The molecule has 0 aliphatic rings. The molecule has 0 spiro atoms. The Morgan fingerprint density at radius 2 is 1.65 bits per heavy atom. The molecule has 1 amide bonds. The summed E-state index contributed by atoms with van der Waals surface area (Å²) in [6.07, 6.45) is 1.35. The summed E-state index contributed by atoms with van der Waals surface area (Å²) >= 11 is 6.13. The second kappa shape index (κ2) is 9.85. The number of amides is 1. The van der Waals surface area contributed by atoms with E-state index in [0.717, 1.165) is 10.6 Å². The van der Waals surface area contributed by atoms with Crippen LogP contribution < -0.4 is 14.4 Å². The molecule has 0 aliphatic carbocycles. The van der Waals surface area contributed by atoms with Crippen LogP contribution in [0.1, 0.15) is 13.3 Å². The van der Waals surface area contributed by atoms with Gasteiger partial charge < -0.3 is 10.1 Å². The van der Waals surface area contributed by atoms with Crippen LogP contribution in [0.2, 0.25) is 5.02 Å². The maximum Gasteiger partial charge on any atom is 0.248 e. The molecule has 0 saturated heterocycles. The van der Waals surface area contributed by atoms with Crippen molar-refractivity contribution in [3.8, 4) is 11.5 Å². The van der Waals surface area contributed by atoms with Crippen molar-refractivity contribution in [2.24, 2.45) is 0 Å². The number of halogens is 1. The predicted molar refractivity (Wildman–Crippen MR) is 124 cm³/mol. The lowest BCUT2D eigenvalue weighted by molar-refractivity contribution is -0.117. The lowest BCUT2D eigenvalue weighted by Gasteiger charge is -2.30. The molecule has 0 heterocycles. The van der Waals surface area contributed by atoms with Gasteiger partial charge in [0.25, 0.3) is 0 Å². The van der Waals surface area contributed by atoms with Crippen molar-refractivity contribution in [3.05, 3.63) is 83.9 Å². The van der Waals surface area contributed by atoms with Gasteiger partial charge in [0.15, 0.2) is 5.75 Å². The number of carbonyl (C=O) groups excluding carboxylic acids is 1. The van der Waals surface area contributed by atoms with Crippen LogP contribution in [0.15, 0.2) is 78.9 Å². The van der Waals surface area contributed by atoms with Crippen molar-refractivity contribution < 1.29 is 17.9 Å². The number of nitrogens with one attached hydrogen (secondary N) is 1. The smallest absolute Gasteiger partial charge is 0.248 e. The van der Waals surface area contributed by atoms with Crippen LogP contribution in [0, 0.1) is 0 Å². The highest BCUT2D eigenvalue weighted by Gasteiger charge is 2.31. The van der Waals surface area contributed by atoms with Gasteiger partial charge in [-0.15, -0.1) is 0 Å². The first-order valence-corrected chi connectivity index (χ1v) is 11.9. The number of sulfonamides is 1. The molecule has 0 fully saturated rings. The van der Waals surface area contributed by atoms with E-state index >= 15 is 0 Å². The van der Waals surface area contributed by atoms with Crippen molar-refractivity contribution in [2.75, 3.05) is 15.9 Å². The first-order valence-electron chi connectivity index (χ1n) is 9.67. The van der Waals surface area contributed by atoms with E-state index in [4.69, 9.17) is 16.3 Å². The molecule has 3 aromatic carbocycles. The zero-order valence-corrected chi connectivity index (χ0v) is 18.7. The van der Waals surface area contributed by atoms with Crippen LogP contribution in [0.4, 0.5) is 11.4 Å². The van der Waals surface area contributed by atoms with Crippen molar-refractivity contribution in [3.63, 3.8) is 0 Å². The highest BCUT2D eigenvalue weighted by atomic mass is 35.5. The molecule has 0 aromatic heterocycles. The third-order valence-electron chi connectivity index (χ3n) is 4.51. The minimum Gasteiger partial charge on any atom is -0.455 e. The summed E-state index contributed by atoms with van der Waals surface area (Å²) in [4.78, 5) is 13.2. The Balaban J connectivity index is 1.92. The van der Waals surface area contributed by atoms with Gasteiger partial charge in [0.2, 0.25) is 15.9 Å². The van der Waals surface area contributed by atoms with Gasteiger partial charge in [0, 0.05) is 5.02 Å². The molecule has 1 atom stereocenters. The Morgan fingerprint density at radius 3 is 2.23 bits per heavy atom. The maximum atomic E-state index is 13.2. The highest BCUT2D eigenvalue weighted by Crippen LogP contribution is 2.33. The molecule has 1 N–H and O–H groups in total. The molecule has 6 nitrogen and oxygen atoms in total. The summed E-state index contributed by atoms with van der Waals surface area (Å²) in [5.41, 5.74) is 0.764. The van der Waals surface area contributed by atoms with Crippen molar-refractivity contribution in [1.82, 2.24) is 0 Å². The third-order valence-corrected chi connectivity index (χ3v) is 5.93. The van der Waals surface area contributed by atoms with E-state index in [0.29, 0.717) is 27.9 Å². The minimum atomic E-state index is -3.72. The van der Waals surface area contributed by atoms with Crippen LogP contribution in [0.25, 0.3) is 0 Å². The van der Waals surface area contributed by atoms with E-state index < -0.39 is 22.0 Å². The zero-order chi connectivity index (χ0) is 22.4. The third kappa shape index (κ3) is 5.77. The molecule has 162 valence electrons. The molecule has 3 aromatic rings. The quantitative estimate of drug-likeness (QED) is 0.496. The van der Waals surface area contributed by atoms with E-state index in [1.54, 1.807) is 67.6 Å². The standard InChI is InChI=1S/C23H23ClN2O4S/c1-3-21(26(31(2,28)29)18-10-6-4-7-11-18)23(27)25-20-16-17(24)14-15-22(20)30-19-12-8-5-9-13-19/h4-16,21H,3H2,1-2H3,(H,25,27)/t21-/m0/s1. The van der Waals surface area contributed by atoms with Gasteiger partial charge in [0.1, 0.15) is 11.8 Å². The Kier molecular flexibility index (Phi) is 7.20. The summed E-state index contributed by atoms with van der Waals surface area (Å²) in [5.74, 6) is 0.496. The van der Waals surface area contributed by atoms with Crippen molar-refractivity contribution in [1.29, 1.82) is 0 Å². The van der Waals surface area contributed by atoms with E-state index in [9.17, 15) is 13.2 Å². The minimum absolute atomic E-state index is 0.267. The summed E-state index contributed by atoms with van der Waals surface area (Å²) < 4.78 is 32.1. The van der Waals surface area contributed by atoms with Gasteiger partial charge in [0.05, 0.1) is 17.6 Å². The molecule has 0 aliphatic heterocycles. The lowest BCUT2D eigenvalue weighted by Crippen LogP contribution is -2.47. The van der Waals surface area contributed by atoms with Crippen LogP contribution in [-0.2, 0) is 14.8 Å². The van der Waals surface area contributed by atoms with Gasteiger partial charge in [-0.05, 0) is 48.9 Å². The van der Waals surface area contributed by atoms with Crippen LogP contribution in [0.3, 0.4) is 0 Å². The van der Waals surface area contributed by atoms with E-state index in [1.165, 1.54) is 0 Å².